The highest BCUT2D eigenvalue weighted by Crippen LogP contribution is 2.79. The molecule has 4 fully saturated rings. The number of rotatable bonds is 0. The molecule has 0 bridgehead atoms. The summed E-state index contributed by atoms with van der Waals surface area (Å²) >= 11 is 0. The van der Waals surface area contributed by atoms with E-state index < -0.39 is 0 Å². The average Bonchev–Trinajstić information content (AvgIpc) is 1.91. The summed E-state index contributed by atoms with van der Waals surface area (Å²) in [5, 5.41) is 0. The Balaban J connectivity index is 1.36. The molecule has 0 aromatic carbocycles. The van der Waals surface area contributed by atoms with Crippen LogP contribution in [-0.2, 0) is 0 Å². The summed E-state index contributed by atoms with van der Waals surface area (Å²) < 4.78 is 0. The molecule has 0 atom stereocenters. The van der Waals surface area contributed by atoms with Crippen molar-refractivity contribution in [2.24, 2.45) is 28.1 Å². The molecular formula is C15H24. The molecule has 4 aliphatic rings. The van der Waals surface area contributed by atoms with Gasteiger partial charge in [-0.25, -0.2) is 0 Å². The van der Waals surface area contributed by atoms with E-state index in [1.165, 1.54) is 0 Å². The summed E-state index contributed by atoms with van der Waals surface area (Å²) in [5.74, 6) is 2.11. The maximum Gasteiger partial charge on any atom is -0.0276 e. The molecule has 4 saturated carbocycles. The van der Waals surface area contributed by atoms with E-state index >= 15 is 0 Å². The molecule has 84 valence electrons. The Morgan fingerprint density at radius 1 is 0.600 bits per heavy atom. The smallest absolute Gasteiger partial charge is 0.0276 e. The predicted molar refractivity (Wildman–Crippen MR) is 62.6 cm³/mol. The molecule has 0 saturated heterocycles. The second kappa shape index (κ2) is 2.31. The maximum atomic E-state index is 2.44. The first kappa shape index (κ1) is 9.07. The molecule has 0 nitrogen and oxygen atoms in total. The topological polar surface area (TPSA) is 0 Å². The lowest BCUT2D eigenvalue weighted by molar-refractivity contribution is -0.237. The van der Waals surface area contributed by atoms with Gasteiger partial charge >= 0.3 is 0 Å². The summed E-state index contributed by atoms with van der Waals surface area (Å²) in [7, 11) is 0. The first-order valence-corrected chi connectivity index (χ1v) is 7.03. The van der Waals surface area contributed by atoms with E-state index in [0.29, 0.717) is 0 Å². The summed E-state index contributed by atoms with van der Waals surface area (Å²) in [6.07, 6.45) is 12.8. The molecule has 4 rings (SSSR count). The van der Waals surface area contributed by atoms with E-state index in [2.05, 4.69) is 13.8 Å². The molecule has 0 unspecified atom stereocenters. The van der Waals surface area contributed by atoms with Crippen molar-refractivity contribution >= 4 is 0 Å². The highest BCUT2D eigenvalue weighted by Gasteiger charge is 2.68. The van der Waals surface area contributed by atoms with E-state index in [4.69, 9.17) is 0 Å². The first-order valence-electron chi connectivity index (χ1n) is 7.03. The normalized spacial score (nSPS) is 66.0. The highest BCUT2D eigenvalue weighted by atomic mass is 14.7. The van der Waals surface area contributed by atoms with Gasteiger partial charge in [-0.2, -0.15) is 0 Å². The molecule has 0 aromatic heterocycles. The Morgan fingerprint density at radius 2 is 0.933 bits per heavy atom. The van der Waals surface area contributed by atoms with Gasteiger partial charge in [0.2, 0.25) is 0 Å². The summed E-state index contributed by atoms with van der Waals surface area (Å²) in [6, 6.07) is 0. The highest BCUT2D eigenvalue weighted by molar-refractivity contribution is 5.18. The van der Waals surface area contributed by atoms with Crippen molar-refractivity contribution in [3.63, 3.8) is 0 Å². The lowest BCUT2D eigenvalue weighted by Gasteiger charge is -2.74. The van der Waals surface area contributed by atoms with E-state index in [9.17, 15) is 0 Å². The van der Waals surface area contributed by atoms with Gasteiger partial charge in [-0.05, 0) is 79.4 Å². The van der Waals surface area contributed by atoms with Gasteiger partial charge in [0.15, 0.2) is 0 Å². The van der Waals surface area contributed by atoms with E-state index in [-0.39, 0.29) is 0 Å². The van der Waals surface area contributed by atoms with Crippen LogP contribution in [0.4, 0.5) is 0 Å². The van der Waals surface area contributed by atoms with E-state index in [1.807, 2.05) is 0 Å². The predicted octanol–water partition coefficient (Wildman–Crippen LogP) is 4.39. The van der Waals surface area contributed by atoms with Gasteiger partial charge < -0.3 is 0 Å². The van der Waals surface area contributed by atoms with Crippen molar-refractivity contribution in [1.82, 2.24) is 0 Å². The van der Waals surface area contributed by atoms with E-state index in [0.717, 1.165) is 28.1 Å². The fourth-order valence-corrected chi connectivity index (χ4v) is 6.74. The van der Waals surface area contributed by atoms with Crippen LogP contribution >= 0.6 is 0 Å². The molecule has 0 N–H and O–H groups in total. The van der Waals surface area contributed by atoms with Crippen LogP contribution in [0.15, 0.2) is 0 Å². The lowest BCUT2D eigenvalue weighted by Crippen LogP contribution is -2.63. The second-order valence-electron chi connectivity index (χ2n) is 8.23. The van der Waals surface area contributed by atoms with Gasteiger partial charge in [-0.1, -0.05) is 13.8 Å². The van der Waals surface area contributed by atoms with Crippen molar-refractivity contribution < 1.29 is 0 Å². The minimum Gasteiger partial charge on any atom is -0.0625 e. The molecule has 3 spiro atoms. The van der Waals surface area contributed by atoms with Crippen molar-refractivity contribution in [3.05, 3.63) is 0 Å². The molecule has 4 aliphatic carbocycles. The van der Waals surface area contributed by atoms with Gasteiger partial charge in [-0.3, -0.25) is 0 Å². The van der Waals surface area contributed by atoms with Gasteiger partial charge in [0.1, 0.15) is 0 Å². The Kier molecular flexibility index (Phi) is 1.40. The van der Waals surface area contributed by atoms with Crippen molar-refractivity contribution in [3.8, 4) is 0 Å². The third kappa shape index (κ3) is 1.04. The Morgan fingerprint density at radius 3 is 1.20 bits per heavy atom. The first-order chi connectivity index (χ1) is 7.03. The molecule has 0 aromatic rings. The molecule has 15 heavy (non-hydrogen) atoms. The third-order valence-corrected chi connectivity index (χ3v) is 6.13. The monoisotopic (exact) mass is 204 g/mol. The van der Waals surface area contributed by atoms with Crippen molar-refractivity contribution in [2.45, 2.75) is 65.2 Å². The molecule has 0 heteroatoms. The lowest BCUT2D eigenvalue weighted by atomic mass is 9.31. The molecule has 0 radical (unpaired) electrons. The fraction of sp³-hybridized carbons (Fsp3) is 1.00. The van der Waals surface area contributed by atoms with Gasteiger partial charge in [0, 0.05) is 0 Å². The van der Waals surface area contributed by atoms with E-state index in [1.54, 1.807) is 51.4 Å². The SMILES string of the molecule is CC1CC2(C1)CC1(C2)CC2(CC(C)C2)C1. The molecule has 0 heterocycles. The van der Waals surface area contributed by atoms with Crippen LogP contribution in [0.25, 0.3) is 0 Å². The van der Waals surface area contributed by atoms with Crippen LogP contribution in [0.5, 0.6) is 0 Å². The van der Waals surface area contributed by atoms with Gasteiger partial charge in [0.25, 0.3) is 0 Å². The zero-order chi connectivity index (χ0) is 10.3. The standard InChI is InChI=1S/C15H24/c1-11-3-13(4-11)7-15(8-13)9-14(10-15)5-12(2)6-14/h11-12H,3-10H2,1-2H3. The average molecular weight is 204 g/mol. The van der Waals surface area contributed by atoms with Crippen LogP contribution in [0.3, 0.4) is 0 Å². The van der Waals surface area contributed by atoms with Gasteiger partial charge in [-0.15, -0.1) is 0 Å². The van der Waals surface area contributed by atoms with Crippen molar-refractivity contribution in [1.29, 1.82) is 0 Å². The Labute approximate surface area is 93.8 Å². The molecular weight excluding hydrogens is 180 g/mol. The van der Waals surface area contributed by atoms with Crippen LogP contribution < -0.4 is 0 Å². The largest absolute Gasteiger partial charge is 0.0625 e. The Hall–Kier alpha value is 0. The maximum absolute atomic E-state index is 2.44. The van der Waals surface area contributed by atoms with Gasteiger partial charge in [0.05, 0.1) is 0 Å². The summed E-state index contributed by atoms with van der Waals surface area (Å²) in [6.45, 7) is 4.87. The quantitative estimate of drug-likeness (QED) is 0.549. The van der Waals surface area contributed by atoms with Crippen LogP contribution in [0, 0.1) is 28.1 Å². The second-order valence-corrected chi connectivity index (χ2v) is 8.23. The van der Waals surface area contributed by atoms with Crippen LogP contribution in [0.2, 0.25) is 0 Å². The van der Waals surface area contributed by atoms with Crippen molar-refractivity contribution in [2.75, 3.05) is 0 Å². The van der Waals surface area contributed by atoms with Crippen LogP contribution in [-0.4, -0.2) is 0 Å². The minimum absolute atomic E-state index is 0.885. The third-order valence-electron chi connectivity index (χ3n) is 6.13. The molecule has 0 amide bonds. The zero-order valence-electron chi connectivity index (χ0n) is 10.3. The minimum atomic E-state index is 0.885. The Bertz CT molecular complexity index is 250. The summed E-state index contributed by atoms with van der Waals surface area (Å²) in [4.78, 5) is 0. The number of hydrogen-bond acceptors (Lipinski definition) is 0. The fourth-order valence-electron chi connectivity index (χ4n) is 6.74. The van der Waals surface area contributed by atoms with Crippen LogP contribution in [0.1, 0.15) is 65.2 Å². The zero-order valence-corrected chi connectivity index (χ0v) is 10.3. The number of hydrogen-bond donors (Lipinski definition) is 0. The molecule has 0 aliphatic heterocycles. The summed E-state index contributed by atoms with van der Waals surface area (Å²) in [5.41, 5.74) is 2.66.